The Morgan fingerprint density at radius 1 is 1.26 bits per heavy atom. The Morgan fingerprint density at radius 3 is 2.59 bits per heavy atom. The summed E-state index contributed by atoms with van der Waals surface area (Å²) in [4.78, 5) is 18.3. The highest BCUT2D eigenvalue weighted by Crippen LogP contribution is 2.23. The number of guanidine groups is 1. The molecule has 0 bridgehead atoms. The monoisotopic (exact) mass is 488 g/mol. The van der Waals surface area contributed by atoms with Gasteiger partial charge in [0.25, 0.3) is 0 Å². The molecule has 27 heavy (non-hydrogen) atoms. The van der Waals surface area contributed by atoms with Crippen molar-refractivity contribution in [3.05, 3.63) is 29.8 Å². The molecule has 1 aromatic carbocycles. The van der Waals surface area contributed by atoms with Crippen molar-refractivity contribution in [2.45, 2.75) is 52.2 Å². The number of nitrogens with one attached hydrogen (secondary N) is 2. The highest BCUT2D eigenvalue weighted by Gasteiger charge is 2.14. The Labute approximate surface area is 180 Å². The molecule has 1 fully saturated rings. The van der Waals surface area contributed by atoms with Gasteiger partial charge >= 0.3 is 5.97 Å². The second-order valence-corrected chi connectivity index (χ2v) is 6.94. The van der Waals surface area contributed by atoms with Crippen LogP contribution >= 0.6 is 24.0 Å². The minimum absolute atomic E-state index is 0. The number of aliphatic imine (C=N–C) groups is 1. The van der Waals surface area contributed by atoms with Gasteiger partial charge in [0.15, 0.2) is 5.96 Å². The van der Waals surface area contributed by atoms with Crippen molar-refractivity contribution in [3.63, 3.8) is 0 Å². The fourth-order valence-corrected chi connectivity index (χ4v) is 3.05. The fraction of sp³-hybridized carbons (Fsp3) is 0.600. The molecule has 1 heterocycles. The van der Waals surface area contributed by atoms with Crippen LogP contribution in [0.5, 0.6) is 0 Å². The van der Waals surface area contributed by atoms with Crippen LogP contribution < -0.4 is 15.5 Å². The number of anilines is 1. The number of benzene rings is 1. The predicted octanol–water partition coefficient (Wildman–Crippen LogP) is 3.47. The molecule has 0 radical (unpaired) electrons. The van der Waals surface area contributed by atoms with E-state index < -0.39 is 0 Å². The van der Waals surface area contributed by atoms with Crippen molar-refractivity contribution >= 4 is 41.6 Å². The van der Waals surface area contributed by atoms with Gasteiger partial charge in [0, 0.05) is 32.4 Å². The van der Waals surface area contributed by atoms with E-state index in [2.05, 4.69) is 51.7 Å². The smallest absolute Gasteiger partial charge is 0.307 e. The summed E-state index contributed by atoms with van der Waals surface area (Å²) in [7, 11) is 1.73. The van der Waals surface area contributed by atoms with Gasteiger partial charge in [-0.05, 0) is 51.3 Å². The molecule has 0 spiro atoms. The number of hydrogen-bond donors (Lipinski definition) is 2. The summed E-state index contributed by atoms with van der Waals surface area (Å²) in [5.41, 5.74) is 2.50. The fourth-order valence-electron chi connectivity index (χ4n) is 3.05. The van der Waals surface area contributed by atoms with Gasteiger partial charge in [-0.15, -0.1) is 24.0 Å². The maximum absolute atomic E-state index is 11.6. The van der Waals surface area contributed by atoms with Crippen molar-refractivity contribution in [2.24, 2.45) is 4.99 Å². The van der Waals surface area contributed by atoms with Crippen LogP contribution in [0.3, 0.4) is 0 Å². The Hall–Kier alpha value is -1.51. The lowest BCUT2D eigenvalue weighted by molar-refractivity contribution is -0.147. The maximum atomic E-state index is 11.6. The van der Waals surface area contributed by atoms with Crippen LogP contribution in [0.4, 0.5) is 5.69 Å². The van der Waals surface area contributed by atoms with Crippen LogP contribution in [0.2, 0.25) is 0 Å². The number of halogens is 1. The molecule has 0 saturated carbocycles. The summed E-state index contributed by atoms with van der Waals surface area (Å²) in [5.74, 6) is 0.482. The van der Waals surface area contributed by atoms with E-state index in [0.29, 0.717) is 18.9 Å². The number of esters is 1. The number of rotatable bonds is 7. The zero-order valence-electron chi connectivity index (χ0n) is 16.8. The SMILES string of the molecule is CN=C(NCCC(=O)OC(C)C)NC(C)c1cccc(N2CCCC2)c1.I. The molecule has 1 aliphatic heterocycles. The van der Waals surface area contributed by atoms with E-state index in [1.165, 1.54) is 24.1 Å². The largest absolute Gasteiger partial charge is 0.463 e. The lowest BCUT2D eigenvalue weighted by Crippen LogP contribution is -2.39. The van der Waals surface area contributed by atoms with E-state index in [-0.39, 0.29) is 42.1 Å². The molecule has 1 atom stereocenters. The van der Waals surface area contributed by atoms with Crippen LogP contribution in [0, 0.1) is 0 Å². The van der Waals surface area contributed by atoms with E-state index in [4.69, 9.17) is 4.74 Å². The van der Waals surface area contributed by atoms with Gasteiger partial charge in [-0.3, -0.25) is 9.79 Å². The first-order chi connectivity index (χ1) is 12.5. The van der Waals surface area contributed by atoms with E-state index in [9.17, 15) is 4.79 Å². The van der Waals surface area contributed by atoms with Crippen LogP contribution in [0.15, 0.2) is 29.3 Å². The molecule has 6 nitrogen and oxygen atoms in total. The summed E-state index contributed by atoms with van der Waals surface area (Å²) < 4.78 is 5.13. The van der Waals surface area contributed by atoms with E-state index >= 15 is 0 Å². The summed E-state index contributed by atoms with van der Waals surface area (Å²) in [5, 5.41) is 6.56. The first-order valence-electron chi connectivity index (χ1n) is 9.51. The van der Waals surface area contributed by atoms with E-state index in [1.807, 2.05) is 13.8 Å². The Kier molecular flexibility index (Phi) is 10.5. The predicted molar refractivity (Wildman–Crippen MR) is 122 cm³/mol. The van der Waals surface area contributed by atoms with Crippen molar-refractivity contribution in [1.29, 1.82) is 0 Å². The molecular formula is C20H33IN4O2. The molecule has 1 aromatic rings. The van der Waals surface area contributed by atoms with Crippen LogP contribution in [0.1, 0.15) is 51.6 Å². The van der Waals surface area contributed by atoms with Gasteiger partial charge in [-0.25, -0.2) is 0 Å². The Morgan fingerprint density at radius 2 is 1.96 bits per heavy atom. The lowest BCUT2D eigenvalue weighted by Gasteiger charge is -2.22. The van der Waals surface area contributed by atoms with Crippen LogP contribution in [-0.4, -0.2) is 44.7 Å². The molecule has 2 N–H and O–H groups in total. The van der Waals surface area contributed by atoms with Crippen molar-refractivity contribution in [2.75, 3.05) is 31.6 Å². The molecule has 1 aliphatic rings. The minimum Gasteiger partial charge on any atom is -0.463 e. The van der Waals surface area contributed by atoms with Gasteiger partial charge < -0.3 is 20.3 Å². The van der Waals surface area contributed by atoms with Gasteiger partial charge in [-0.1, -0.05) is 12.1 Å². The Bertz CT molecular complexity index is 616. The zero-order chi connectivity index (χ0) is 18.9. The van der Waals surface area contributed by atoms with Gasteiger partial charge in [-0.2, -0.15) is 0 Å². The summed E-state index contributed by atoms with van der Waals surface area (Å²) in [6, 6.07) is 8.78. The first-order valence-corrected chi connectivity index (χ1v) is 9.51. The number of carbonyl (C=O) groups excluding carboxylic acids is 1. The number of carbonyl (C=O) groups is 1. The van der Waals surface area contributed by atoms with E-state index in [0.717, 1.165) is 13.1 Å². The highest BCUT2D eigenvalue weighted by molar-refractivity contribution is 14.0. The maximum Gasteiger partial charge on any atom is 0.307 e. The van der Waals surface area contributed by atoms with Crippen LogP contribution in [-0.2, 0) is 9.53 Å². The molecular weight excluding hydrogens is 455 g/mol. The number of hydrogen-bond acceptors (Lipinski definition) is 4. The second-order valence-electron chi connectivity index (χ2n) is 6.94. The van der Waals surface area contributed by atoms with E-state index in [1.54, 1.807) is 7.05 Å². The summed E-state index contributed by atoms with van der Waals surface area (Å²) >= 11 is 0. The number of nitrogens with zero attached hydrogens (tertiary/aromatic N) is 2. The lowest BCUT2D eigenvalue weighted by atomic mass is 10.1. The average molecular weight is 488 g/mol. The highest BCUT2D eigenvalue weighted by atomic mass is 127. The zero-order valence-corrected chi connectivity index (χ0v) is 19.2. The molecule has 1 unspecified atom stereocenters. The standard InChI is InChI=1S/C20H32N4O2.HI/c1-15(2)26-19(25)10-11-22-20(21-4)23-16(3)17-8-7-9-18(14-17)24-12-5-6-13-24;/h7-9,14-16H,5-6,10-13H2,1-4H3,(H2,21,22,23);1H. The molecule has 0 aromatic heterocycles. The summed E-state index contributed by atoms with van der Waals surface area (Å²) in [6.07, 6.45) is 2.78. The van der Waals surface area contributed by atoms with Crippen molar-refractivity contribution in [3.8, 4) is 0 Å². The Balaban J connectivity index is 0.00000364. The van der Waals surface area contributed by atoms with Gasteiger partial charge in [0.1, 0.15) is 0 Å². The summed E-state index contributed by atoms with van der Waals surface area (Å²) in [6.45, 7) is 8.59. The second kappa shape index (κ2) is 12.0. The van der Waals surface area contributed by atoms with Crippen molar-refractivity contribution < 1.29 is 9.53 Å². The topological polar surface area (TPSA) is 66.0 Å². The minimum atomic E-state index is -0.200. The van der Waals surface area contributed by atoms with Crippen LogP contribution in [0.25, 0.3) is 0 Å². The molecule has 7 heteroatoms. The third kappa shape index (κ3) is 7.94. The van der Waals surface area contributed by atoms with Gasteiger partial charge in [0.2, 0.25) is 0 Å². The molecule has 0 aliphatic carbocycles. The quantitative estimate of drug-likeness (QED) is 0.266. The average Bonchev–Trinajstić information content (AvgIpc) is 3.15. The molecule has 1 saturated heterocycles. The van der Waals surface area contributed by atoms with Crippen molar-refractivity contribution in [1.82, 2.24) is 10.6 Å². The third-order valence-electron chi connectivity index (χ3n) is 4.41. The molecule has 0 amide bonds. The molecule has 2 rings (SSSR count). The van der Waals surface area contributed by atoms with Gasteiger partial charge in [0.05, 0.1) is 18.6 Å². The molecule has 152 valence electrons. The third-order valence-corrected chi connectivity index (χ3v) is 4.41. The first kappa shape index (κ1) is 23.5. The normalized spacial score (nSPS) is 15.3. The number of ether oxygens (including phenoxy) is 1.